The summed E-state index contributed by atoms with van der Waals surface area (Å²) in [6.45, 7) is 0.265. The second-order valence-electron chi connectivity index (χ2n) is 7.42. The maximum absolute atomic E-state index is 12.8. The molecule has 1 aliphatic rings. The third-order valence-corrected chi connectivity index (χ3v) is 7.42. The number of methoxy groups -OCH3 is 1. The quantitative estimate of drug-likeness (QED) is 0.609. The molecular weight excluding hydrogens is 438 g/mol. The number of carbonyl (C=O) groups excluding carboxylic acids is 1. The Hall–Kier alpha value is -2.84. The number of nitrogens with one attached hydrogen (secondary N) is 1. The molecule has 3 aromatic rings. The van der Waals surface area contributed by atoms with Crippen LogP contribution in [0.15, 0.2) is 54.6 Å². The second kappa shape index (κ2) is 8.72. The van der Waals surface area contributed by atoms with E-state index >= 15 is 0 Å². The van der Waals surface area contributed by atoms with Crippen LogP contribution in [0.3, 0.4) is 0 Å². The minimum absolute atomic E-state index is 0.0124. The van der Waals surface area contributed by atoms with Gasteiger partial charge in [0.1, 0.15) is 5.75 Å². The number of sulfone groups is 1. The predicted molar refractivity (Wildman–Crippen MR) is 119 cm³/mol. The highest BCUT2D eigenvalue weighted by atomic mass is 35.5. The van der Waals surface area contributed by atoms with Gasteiger partial charge in [-0.25, -0.2) is 8.42 Å². The zero-order chi connectivity index (χ0) is 22.0. The molecule has 1 N–H and O–H groups in total. The molecule has 1 unspecified atom stereocenters. The molecule has 162 valence electrons. The first kappa shape index (κ1) is 21.4. The van der Waals surface area contributed by atoms with Crippen LogP contribution in [0.5, 0.6) is 5.75 Å². The average molecular weight is 460 g/mol. The lowest BCUT2D eigenvalue weighted by Crippen LogP contribution is -2.24. The summed E-state index contributed by atoms with van der Waals surface area (Å²) in [6.07, 6.45) is 0.466. The van der Waals surface area contributed by atoms with Gasteiger partial charge in [-0.2, -0.15) is 5.10 Å². The number of ether oxygens (including phenoxy) is 1. The molecule has 0 spiro atoms. The molecule has 31 heavy (non-hydrogen) atoms. The smallest absolute Gasteiger partial charge is 0.272 e. The lowest BCUT2D eigenvalue weighted by atomic mass is 10.1. The Morgan fingerprint density at radius 1 is 1.23 bits per heavy atom. The van der Waals surface area contributed by atoms with Crippen molar-refractivity contribution in [2.24, 2.45) is 0 Å². The molecule has 1 atom stereocenters. The van der Waals surface area contributed by atoms with E-state index < -0.39 is 9.84 Å². The van der Waals surface area contributed by atoms with Gasteiger partial charge in [-0.3, -0.25) is 9.48 Å². The average Bonchev–Trinajstić information content (AvgIpc) is 3.36. The summed E-state index contributed by atoms with van der Waals surface area (Å²) in [7, 11) is -1.52. The number of carbonyl (C=O) groups is 1. The van der Waals surface area contributed by atoms with Crippen LogP contribution in [0.2, 0.25) is 5.02 Å². The van der Waals surface area contributed by atoms with Crippen LogP contribution in [0.4, 0.5) is 0 Å². The van der Waals surface area contributed by atoms with Crippen molar-refractivity contribution in [2.75, 3.05) is 18.6 Å². The maximum Gasteiger partial charge on any atom is 0.272 e. The Labute approximate surface area is 185 Å². The van der Waals surface area contributed by atoms with Gasteiger partial charge in [-0.1, -0.05) is 29.8 Å². The van der Waals surface area contributed by atoms with E-state index in [1.807, 2.05) is 42.5 Å². The number of benzene rings is 2. The fourth-order valence-corrected chi connectivity index (χ4v) is 5.53. The number of hydrogen-bond acceptors (Lipinski definition) is 5. The monoisotopic (exact) mass is 459 g/mol. The van der Waals surface area contributed by atoms with Crippen LogP contribution in [0, 0.1) is 0 Å². The van der Waals surface area contributed by atoms with Gasteiger partial charge in [-0.05, 0) is 48.4 Å². The molecule has 9 heteroatoms. The fourth-order valence-electron chi connectivity index (χ4n) is 3.64. The zero-order valence-electron chi connectivity index (χ0n) is 16.9. The molecular formula is C22H22ClN3O4S. The summed E-state index contributed by atoms with van der Waals surface area (Å²) >= 11 is 6.16. The van der Waals surface area contributed by atoms with Crippen LogP contribution in [-0.2, 0) is 16.4 Å². The van der Waals surface area contributed by atoms with Crippen molar-refractivity contribution >= 4 is 27.3 Å². The van der Waals surface area contributed by atoms with Crippen molar-refractivity contribution in [3.05, 3.63) is 70.9 Å². The molecule has 1 fully saturated rings. The van der Waals surface area contributed by atoms with Gasteiger partial charge in [0.05, 0.1) is 30.4 Å². The maximum atomic E-state index is 12.8. The number of hydrogen-bond donors (Lipinski definition) is 1. The van der Waals surface area contributed by atoms with Crippen LogP contribution in [-0.4, -0.2) is 42.7 Å². The molecule has 1 saturated heterocycles. The molecule has 0 aliphatic carbocycles. The van der Waals surface area contributed by atoms with Crippen molar-refractivity contribution in [1.29, 1.82) is 0 Å². The summed E-state index contributed by atoms with van der Waals surface area (Å²) in [5, 5.41) is 7.90. The van der Waals surface area contributed by atoms with Crippen molar-refractivity contribution in [3.8, 4) is 17.0 Å². The van der Waals surface area contributed by atoms with Crippen LogP contribution in [0.25, 0.3) is 11.3 Å². The highest BCUT2D eigenvalue weighted by Crippen LogP contribution is 2.31. The third kappa shape index (κ3) is 4.75. The highest BCUT2D eigenvalue weighted by molar-refractivity contribution is 7.91. The normalized spacial score (nSPS) is 17.4. The molecule has 2 heterocycles. The minimum atomic E-state index is -3.11. The Bertz CT molecular complexity index is 1210. The van der Waals surface area contributed by atoms with Gasteiger partial charge >= 0.3 is 0 Å². The van der Waals surface area contributed by atoms with Crippen LogP contribution < -0.4 is 10.1 Å². The number of halogens is 1. The lowest BCUT2D eigenvalue weighted by molar-refractivity contribution is 0.0945. The van der Waals surface area contributed by atoms with E-state index in [4.69, 9.17) is 16.3 Å². The lowest BCUT2D eigenvalue weighted by Gasteiger charge is -2.13. The van der Waals surface area contributed by atoms with E-state index in [0.717, 1.165) is 11.1 Å². The van der Waals surface area contributed by atoms with Gasteiger partial charge in [0.25, 0.3) is 5.91 Å². The number of amides is 1. The molecule has 1 aromatic heterocycles. The van der Waals surface area contributed by atoms with E-state index in [1.54, 1.807) is 23.9 Å². The highest BCUT2D eigenvalue weighted by Gasteiger charge is 2.32. The number of rotatable bonds is 6. The predicted octanol–water partition coefficient (Wildman–Crippen LogP) is 3.50. The van der Waals surface area contributed by atoms with E-state index in [-0.39, 0.29) is 35.7 Å². The minimum Gasteiger partial charge on any atom is -0.497 e. The van der Waals surface area contributed by atoms with Gasteiger partial charge < -0.3 is 10.1 Å². The largest absolute Gasteiger partial charge is 0.497 e. The summed E-state index contributed by atoms with van der Waals surface area (Å²) in [4.78, 5) is 12.8. The van der Waals surface area contributed by atoms with Crippen LogP contribution in [0.1, 0.15) is 28.5 Å². The van der Waals surface area contributed by atoms with Gasteiger partial charge in [0, 0.05) is 17.1 Å². The first-order valence-electron chi connectivity index (χ1n) is 9.82. The van der Waals surface area contributed by atoms with Gasteiger partial charge in [0.15, 0.2) is 15.5 Å². The van der Waals surface area contributed by atoms with E-state index in [9.17, 15) is 13.2 Å². The van der Waals surface area contributed by atoms with Gasteiger partial charge in [-0.15, -0.1) is 0 Å². The number of nitrogens with zero attached hydrogens (tertiary/aromatic N) is 2. The number of aromatic nitrogens is 2. The molecule has 0 radical (unpaired) electrons. The molecule has 0 bridgehead atoms. The van der Waals surface area contributed by atoms with E-state index in [0.29, 0.717) is 22.9 Å². The Kier molecular flexibility index (Phi) is 6.02. The summed E-state index contributed by atoms with van der Waals surface area (Å²) < 4.78 is 30.9. The first-order valence-corrected chi connectivity index (χ1v) is 12.0. The van der Waals surface area contributed by atoms with E-state index in [2.05, 4.69) is 10.4 Å². The van der Waals surface area contributed by atoms with Crippen molar-refractivity contribution in [2.45, 2.75) is 19.0 Å². The van der Waals surface area contributed by atoms with E-state index in [1.165, 1.54) is 0 Å². The van der Waals surface area contributed by atoms with Gasteiger partial charge in [0.2, 0.25) is 0 Å². The third-order valence-electron chi connectivity index (χ3n) is 5.31. The molecule has 0 saturated carbocycles. The Morgan fingerprint density at radius 3 is 2.61 bits per heavy atom. The topological polar surface area (TPSA) is 90.3 Å². The molecule has 7 nitrogen and oxygen atoms in total. The zero-order valence-corrected chi connectivity index (χ0v) is 18.5. The fraction of sp³-hybridized carbons (Fsp3) is 0.273. The SMILES string of the molecule is COc1ccc(-c2cc(C(=O)NCc3ccccc3Cl)nn2C2CCS(=O)(=O)C2)cc1. The summed E-state index contributed by atoms with van der Waals surface area (Å²) in [5.74, 6) is 0.483. The van der Waals surface area contributed by atoms with Crippen molar-refractivity contribution in [1.82, 2.24) is 15.1 Å². The Morgan fingerprint density at radius 2 is 1.97 bits per heavy atom. The van der Waals surface area contributed by atoms with Crippen molar-refractivity contribution in [3.63, 3.8) is 0 Å². The molecule has 1 amide bonds. The van der Waals surface area contributed by atoms with Crippen LogP contribution >= 0.6 is 11.6 Å². The standard InChI is InChI=1S/C22H22ClN3O4S/c1-30-18-8-6-15(7-9-18)21-12-20(25-26(21)17-10-11-31(28,29)14-17)22(27)24-13-16-4-2-3-5-19(16)23/h2-9,12,17H,10-11,13-14H2,1H3,(H,24,27). The molecule has 1 aliphatic heterocycles. The van der Waals surface area contributed by atoms with Crippen molar-refractivity contribution < 1.29 is 17.9 Å². The summed E-state index contributed by atoms with van der Waals surface area (Å²) in [6, 6.07) is 16.0. The second-order valence-corrected chi connectivity index (χ2v) is 10.1. The Balaban J connectivity index is 1.63. The molecule has 2 aromatic carbocycles. The first-order chi connectivity index (χ1) is 14.9. The molecule has 4 rings (SSSR count). The summed E-state index contributed by atoms with van der Waals surface area (Å²) in [5.41, 5.74) is 2.53.